The fourth-order valence-electron chi connectivity index (χ4n) is 0.701. The zero-order valence-electron chi connectivity index (χ0n) is 5.42. The highest BCUT2D eigenvalue weighted by Gasteiger charge is 2.09. The van der Waals surface area contributed by atoms with Crippen LogP contribution in [0.15, 0.2) is 6.07 Å². The number of carboxylic acid groups (broad SMARTS) is 1. The largest absolute Gasteiger partial charge is 0.477 e. The molecule has 54 valence electrons. The van der Waals surface area contributed by atoms with Crippen LogP contribution in [0.2, 0.25) is 0 Å². The van der Waals surface area contributed by atoms with E-state index in [1.807, 2.05) is 6.92 Å². The van der Waals surface area contributed by atoms with Crippen molar-refractivity contribution < 1.29 is 9.90 Å². The van der Waals surface area contributed by atoms with Gasteiger partial charge in [-0.15, -0.1) is 11.3 Å². The van der Waals surface area contributed by atoms with Gasteiger partial charge in [0.05, 0.1) is 5.69 Å². The number of hydrogen-bond acceptors (Lipinski definition) is 3. The number of carbonyl (C=O) groups is 1. The number of thiophene rings is 1. The van der Waals surface area contributed by atoms with Crippen LogP contribution in [0.5, 0.6) is 0 Å². The molecule has 0 aliphatic carbocycles. The number of nitrogen functional groups attached to an aromatic ring is 1. The van der Waals surface area contributed by atoms with Crippen LogP contribution in [0.3, 0.4) is 0 Å². The number of hydrogen-bond donors (Lipinski definition) is 2. The van der Waals surface area contributed by atoms with E-state index in [4.69, 9.17) is 10.8 Å². The first-order valence-corrected chi connectivity index (χ1v) is 3.52. The van der Waals surface area contributed by atoms with Gasteiger partial charge in [-0.05, 0) is 13.0 Å². The summed E-state index contributed by atoms with van der Waals surface area (Å²) in [7, 11) is 0. The first kappa shape index (κ1) is 7.08. The zero-order chi connectivity index (χ0) is 7.72. The molecule has 0 atom stereocenters. The molecule has 0 aliphatic heterocycles. The zero-order valence-corrected chi connectivity index (χ0v) is 6.23. The van der Waals surface area contributed by atoms with Gasteiger partial charge in [-0.3, -0.25) is 0 Å². The Morgan fingerprint density at radius 3 is 2.60 bits per heavy atom. The molecule has 0 saturated carbocycles. The molecule has 0 aromatic carbocycles. The summed E-state index contributed by atoms with van der Waals surface area (Å²) < 4.78 is 0. The number of nitrogens with two attached hydrogens (primary N) is 1. The molecule has 1 aromatic heterocycles. The molecule has 0 fully saturated rings. The summed E-state index contributed by atoms with van der Waals surface area (Å²) in [5, 5.41) is 8.51. The van der Waals surface area contributed by atoms with Crippen molar-refractivity contribution in [3.63, 3.8) is 0 Å². The smallest absolute Gasteiger partial charge is 0.348 e. The monoisotopic (exact) mass is 157 g/mol. The van der Waals surface area contributed by atoms with Gasteiger partial charge in [-0.25, -0.2) is 4.79 Å². The highest BCUT2D eigenvalue weighted by Crippen LogP contribution is 2.23. The highest BCUT2D eigenvalue weighted by atomic mass is 32.1. The topological polar surface area (TPSA) is 63.3 Å². The number of rotatable bonds is 1. The maximum Gasteiger partial charge on any atom is 0.348 e. The minimum atomic E-state index is -0.949. The summed E-state index contributed by atoms with van der Waals surface area (Å²) in [5.74, 6) is -0.949. The van der Waals surface area contributed by atoms with E-state index in [0.717, 1.165) is 4.88 Å². The van der Waals surface area contributed by atoms with E-state index < -0.39 is 5.97 Å². The predicted molar refractivity (Wildman–Crippen MR) is 40.4 cm³/mol. The lowest BCUT2D eigenvalue weighted by Crippen LogP contribution is -1.96. The summed E-state index contributed by atoms with van der Waals surface area (Å²) >= 11 is 1.20. The fraction of sp³-hybridized carbons (Fsp3) is 0.167. The standard InChI is InChI=1S/C6H7NO2S/c1-3-2-4(7)5(10-3)6(8)9/h2H,7H2,1H3,(H,8,9). The van der Waals surface area contributed by atoms with E-state index in [-0.39, 0.29) is 4.88 Å². The first-order valence-electron chi connectivity index (χ1n) is 2.70. The summed E-state index contributed by atoms with van der Waals surface area (Å²) in [6.45, 7) is 1.83. The maximum absolute atomic E-state index is 10.4. The van der Waals surface area contributed by atoms with Gasteiger partial charge in [0.1, 0.15) is 4.88 Å². The van der Waals surface area contributed by atoms with Crippen molar-refractivity contribution in [3.05, 3.63) is 15.8 Å². The molecule has 1 heterocycles. The van der Waals surface area contributed by atoms with Gasteiger partial charge in [0.15, 0.2) is 0 Å². The third-order valence-electron chi connectivity index (χ3n) is 1.08. The molecule has 4 heteroatoms. The van der Waals surface area contributed by atoms with Gasteiger partial charge in [0.2, 0.25) is 0 Å². The number of anilines is 1. The van der Waals surface area contributed by atoms with Crippen molar-refractivity contribution in [2.24, 2.45) is 0 Å². The Bertz CT molecular complexity index is 267. The second-order valence-electron chi connectivity index (χ2n) is 1.95. The van der Waals surface area contributed by atoms with Gasteiger partial charge in [0.25, 0.3) is 0 Å². The Hall–Kier alpha value is -1.03. The molecule has 0 spiro atoms. The average Bonchev–Trinajstić information content (AvgIpc) is 2.10. The summed E-state index contributed by atoms with van der Waals surface area (Å²) in [6, 6.07) is 1.66. The van der Waals surface area contributed by atoms with Gasteiger partial charge >= 0.3 is 5.97 Å². The predicted octanol–water partition coefficient (Wildman–Crippen LogP) is 1.34. The lowest BCUT2D eigenvalue weighted by molar-refractivity contribution is 0.0703. The van der Waals surface area contributed by atoms with E-state index in [0.29, 0.717) is 5.69 Å². The first-order chi connectivity index (χ1) is 4.61. The Balaban J connectivity index is 3.15. The lowest BCUT2D eigenvalue weighted by atomic mass is 10.4. The molecule has 0 saturated heterocycles. The SMILES string of the molecule is Cc1cc(N)c(C(=O)O)s1. The van der Waals surface area contributed by atoms with Crippen LogP contribution in [-0.4, -0.2) is 11.1 Å². The molecule has 10 heavy (non-hydrogen) atoms. The Kier molecular flexibility index (Phi) is 1.63. The molecule has 3 nitrogen and oxygen atoms in total. The molecule has 1 aromatic rings. The average molecular weight is 157 g/mol. The summed E-state index contributed by atoms with van der Waals surface area (Å²) in [6.07, 6.45) is 0. The third kappa shape index (κ3) is 1.11. The summed E-state index contributed by atoms with van der Waals surface area (Å²) in [5.41, 5.74) is 5.73. The third-order valence-corrected chi connectivity index (χ3v) is 2.13. The van der Waals surface area contributed by atoms with E-state index >= 15 is 0 Å². The number of aromatic carboxylic acids is 1. The van der Waals surface area contributed by atoms with E-state index in [1.54, 1.807) is 6.07 Å². The van der Waals surface area contributed by atoms with E-state index in [1.165, 1.54) is 11.3 Å². The molecule has 0 aliphatic rings. The molecular weight excluding hydrogens is 150 g/mol. The van der Waals surface area contributed by atoms with Gasteiger partial charge in [0, 0.05) is 4.88 Å². The molecule has 0 amide bonds. The van der Waals surface area contributed by atoms with Crippen molar-refractivity contribution in [2.45, 2.75) is 6.92 Å². The Morgan fingerprint density at radius 1 is 1.80 bits per heavy atom. The van der Waals surface area contributed by atoms with Gasteiger partial charge < -0.3 is 10.8 Å². The highest BCUT2D eigenvalue weighted by molar-refractivity contribution is 7.14. The minimum absolute atomic E-state index is 0.234. The normalized spacial score (nSPS) is 9.70. The van der Waals surface area contributed by atoms with E-state index in [2.05, 4.69) is 0 Å². The van der Waals surface area contributed by atoms with Crippen LogP contribution in [-0.2, 0) is 0 Å². The van der Waals surface area contributed by atoms with Crippen LogP contribution in [0, 0.1) is 6.92 Å². The van der Waals surface area contributed by atoms with Crippen molar-refractivity contribution >= 4 is 23.0 Å². The molecular formula is C6H7NO2S. The van der Waals surface area contributed by atoms with Crippen molar-refractivity contribution in [1.82, 2.24) is 0 Å². The lowest BCUT2D eigenvalue weighted by Gasteiger charge is -1.86. The van der Waals surface area contributed by atoms with Gasteiger partial charge in [-0.2, -0.15) is 0 Å². The Morgan fingerprint density at radius 2 is 2.40 bits per heavy atom. The summed E-state index contributed by atoms with van der Waals surface area (Å²) in [4.78, 5) is 11.5. The van der Waals surface area contributed by atoms with Crippen molar-refractivity contribution in [1.29, 1.82) is 0 Å². The molecule has 1 rings (SSSR count). The molecule has 0 unspecified atom stereocenters. The molecule has 0 radical (unpaired) electrons. The Labute approximate surface area is 62.1 Å². The van der Waals surface area contributed by atoms with Crippen LogP contribution < -0.4 is 5.73 Å². The van der Waals surface area contributed by atoms with Crippen LogP contribution >= 0.6 is 11.3 Å². The van der Waals surface area contributed by atoms with Crippen molar-refractivity contribution in [3.8, 4) is 0 Å². The maximum atomic E-state index is 10.4. The number of aryl methyl sites for hydroxylation is 1. The minimum Gasteiger partial charge on any atom is -0.477 e. The fourth-order valence-corrected chi connectivity index (χ4v) is 1.47. The van der Waals surface area contributed by atoms with Crippen LogP contribution in [0.1, 0.15) is 14.5 Å². The number of carboxylic acids is 1. The quantitative estimate of drug-likeness (QED) is 0.646. The second-order valence-corrected chi connectivity index (χ2v) is 3.20. The van der Waals surface area contributed by atoms with Crippen LogP contribution in [0.25, 0.3) is 0 Å². The molecule has 3 N–H and O–H groups in total. The van der Waals surface area contributed by atoms with Crippen molar-refractivity contribution in [2.75, 3.05) is 5.73 Å². The van der Waals surface area contributed by atoms with Gasteiger partial charge in [-0.1, -0.05) is 0 Å². The van der Waals surface area contributed by atoms with Crippen LogP contribution in [0.4, 0.5) is 5.69 Å². The molecule has 0 bridgehead atoms. The second kappa shape index (κ2) is 2.30. The van der Waals surface area contributed by atoms with E-state index in [9.17, 15) is 4.79 Å².